The lowest BCUT2D eigenvalue weighted by molar-refractivity contribution is 0.0525. The average molecular weight is 390 g/mol. The van der Waals surface area contributed by atoms with Gasteiger partial charge in [0.2, 0.25) is 0 Å². The van der Waals surface area contributed by atoms with E-state index < -0.39 is 5.97 Å². The van der Waals surface area contributed by atoms with Gasteiger partial charge in [0.1, 0.15) is 0 Å². The first-order valence-electron chi connectivity index (χ1n) is 9.22. The number of hydrogen-bond donors (Lipinski definition) is 1. The third-order valence-corrected chi connectivity index (χ3v) is 4.39. The van der Waals surface area contributed by atoms with Gasteiger partial charge in [0, 0.05) is 11.3 Å². The van der Waals surface area contributed by atoms with Crippen molar-refractivity contribution in [2.45, 2.75) is 13.8 Å². The number of nitrogens with zero attached hydrogens (tertiary/aromatic N) is 1. The van der Waals surface area contributed by atoms with Crippen molar-refractivity contribution in [2.24, 2.45) is 4.99 Å². The zero-order valence-corrected chi connectivity index (χ0v) is 16.6. The van der Waals surface area contributed by atoms with Gasteiger partial charge in [0.15, 0.2) is 0 Å². The van der Waals surface area contributed by atoms with Crippen LogP contribution in [0.3, 0.4) is 0 Å². The molecule has 3 aromatic rings. The second kappa shape index (κ2) is 9.01. The third kappa shape index (κ3) is 4.43. The first kappa shape index (κ1) is 20.1. The minimum atomic E-state index is -0.406. The highest BCUT2D eigenvalue weighted by Crippen LogP contribution is 2.30. The Bertz CT molecular complexity index is 1030. The zero-order chi connectivity index (χ0) is 20.8. The zero-order valence-electron chi connectivity index (χ0n) is 16.6. The maximum absolute atomic E-state index is 12.3. The monoisotopic (exact) mass is 390 g/mol. The first-order chi connectivity index (χ1) is 14.0. The van der Waals surface area contributed by atoms with E-state index in [0.717, 1.165) is 11.1 Å². The lowest BCUT2D eigenvalue weighted by Crippen LogP contribution is -2.04. The Labute approximate surface area is 169 Å². The fraction of sp³-hybridized carbons (Fsp3) is 0.174. The number of aryl methyl sites for hydroxylation is 1. The van der Waals surface area contributed by atoms with Crippen molar-refractivity contribution in [3.63, 3.8) is 0 Å². The predicted molar refractivity (Wildman–Crippen MR) is 112 cm³/mol. The van der Waals surface area contributed by atoms with Gasteiger partial charge in [-0.3, -0.25) is 4.99 Å². The number of methoxy groups -OCH3 is 1. The number of aromatic nitrogens is 1. The van der Waals surface area contributed by atoms with Crippen LogP contribution in [0.2, 0.25) is 0 Å². The summed E-state index contributed by atoms with van der Waals surface area (Å²) >= 11 is 0. The molecule has 0 radical (unpaired) electrons. The van der Waals surface area contributed by atoms with Crippen LogP contribution < -0.4 is 0 Å². The summed E-state index contributed by atoms with van der Waals surface area (Å²) in [6.45, 7) is 3.92. The van der Waals surface area contributed by atoms with Crippen LogP contribution in [0.1, 0.15) is 39.0 Å². The van der Waals surface area contributed by atoms with Gasteiger partial charge in [-0.05, 0) is 43.7 Å². The number of aliphatic imine (C=N–C) groups is 1. The number of aromatic amines is 1. The molecule has 1 aromatic heterocycles. The Hall–Kier alpha value is -3.67. The van der Waals surface area contributed by atoms with Gasteiger partial charge in [-0.15, -0.1) is 0 Å². The number of rotatable bonds is 6. The second-order valence-corrected chi connectivity index (χ2v) is 6.30. The molecule has 0 spiro atoms. The lowest BCUT2D eigenvalue weighted by atomic mass is 10.0. The summed E-state index contributed by atoms with van der Waals surface area (Å²) in [5.41, 5.74) is 4.65. The van der Waals surface area contributed by atoms with Gasteiger partial charge in [0.25, 0.3) is 0 Å². The van der Waals surface area contributed by atoms with Crippen molar-refractivity contribution in [2.75, 3.05) is 13.7 Å². The van der Waals surface area contributed by atoms with Crippen molar-refractivity contribution >= 4 is 23.8 Å². The highest BCUT2D eigenvalue weighted by atomic mass is 16.5. The number of carbonyl (C=O) groups excluding carboxylic acids is 2. The van der Waals surface area contributed by atoms with Gasteiger partial charge in [-0.1, -0.05) is 30.3 Å². The fourth-order valence-corrected chi connectivity index (χ4v) is 3.04. The number of ether oxygens (including phenoxy) is 2. The molecule has 0 aliphatic rings. The van der Waals surface area contributed by atoms with Crippen LogP contribution in [-0.4, -0.2) is 36.9 Å². The standard InChI is InChI=1S/C23H22N2O4/c1-4-29-22(26)17-10-12-18(13-11-17)24-14-19-21(16-8-6-5-7-9-16)20(15(2)25-19)23(27)28-3/h5-14,25H,4H2,1-3H3. The molecule has 0 amide bonds. The molecule has 0 bridgehead atoms. The van der Waals surface area contributed by atoms with E-state index in [-0.39, 0.29) is 5.97 Å². The number of hydrogen-bond acceptors (Lipinski definition) is 5. The minimum Gasteiger partial charge on any atom is -0.465 e. The molecule has 29 heavy (non-hydrogen) atoms. The molecule has 6 heteroatoms. The number of benzene rings is 2. The van der Waals surface area contributed by atoms with Gasteiger partial charge < -0.3 is 14.5 Å². The van der Waals surface area contributed by atoms with Crippen molar-refractivity contribution in [3.05, 3.63) is 77.1 Å². The summed E-state index contributed by atoms with van der Waals surface area (Å²) < 4.78 is 9.95. The minimum absolute atomic E-state index is 0.329. The van der Waals surface area contributed by atoms with Crippen LogP contribution in [0.4, 0.5) is 5.69 Å². The Morgan fingerprint density at radius 2 is 1.72 bits per heavy atom. The van der Waals surface area contributed by atoms with E-state index in [9.17, 15) is 9.59 Å². The molecule has 3 rings (SSSR count). The molecule has 0 saturated carbocycles. The van der Waals surface area contributed by atoms with Gasteiger partial charge in [-0.2, -0.15) is 0 Å². The molecule has 0 atom stereocenters. The summed E-state index contributed by atoms with van der Waals surface area (Å²) in [6.07, 6.45) is 1.67. The molecule has 0 unspecified atom stereocenters. The summed E-state index contributed by atoms with van der Waals surface area (Å²) in [5, 5.41) is 0. The van der Waals surface area contributed by atoms with Crippen molar-refractivity contribution in [1.82, 2.24) is 4.98 Å². The second-order valence-electron chi connectivity index (χ2n) is 6.30. The fourth-order valence-electron chi connectivity index (χ4n) is 3.04. The lowest BCUT2D eigenvalue weighted by Gasteiger charge is -2.05. The van der Waals surface area contributed by atoms with Crippen LogP contribution in [0, 0.1) is 6.92 Å². The van der Waals surface area contributed by atoms with E-state index in [1.54, 1.807) is 37.4 Å². The largest absolute Gasteiger partial charge is 0.465 e. The van der Waals surface area contributed by atoms with Crippen molar-refractivity contribution in [3.8, 4) is 11.1 Å². The average Bonchev–Trinajstić information content (AvgIpc) is 3.09. The van der Waals surface area contributed by atoms with Gasteiger partial charge >= 0.3 is 11.9 Å². The molecule has 2 aromatic carbocycles. The summed E-state index contributed by atoms with van der Waals surface area (Å²) in [7, 11) is 1.36. The highest BCUT2D eigenvalue weighted by Gasteiger charge is 2.22. The van der Waals surface area contributed by atoms with E-state index in [1.165, 1.54) is 7.11 Å². The molecule has 0 saturated heterocycles. The van der Waals surface area contributed by atoms with Crippen molar-refractivity contribution in [1.29, 1.82) is 0 Å². The molecule has 6 nitrogen and oxygen atoms in total. The number of H-pyrrole nitrogens is 1. The van der Waals surface area contributed by atoms with Crippen LogP contribution in [0.5, 0.6) is 0 Å². The molecule has 148 valence electrons. The van der Waals surface area contributed by atoms with E-state index in [2.05, 4.69) is 9.98 Å². The Kier molecular flexibility index (Phi) is 6.24. The quantitative estimate of drug-likeness (QED) is 0.488. The number of nitrogens with one attached hydrogen (secondary N) is 1. The van der Waals surface area contributed by atoms with E-state index in [1.807, 2.05) is 37.3 Å². The normalized spacial score (nSPS) is 10.9. The molecule has 0 aliphatic carbocycles. The summed E-state index contributed by atoms with van der Waals surface area (Å²) in [4.78, 5) is 31.8. The summed E-state index contributed by atoms with van der Waals surface area (Å²) in [5.74, 6) is -0.770. The molecule has 1 N–H and O–H groups in total. The molecular formula is C23H22N2O4. The Balaban J connectivity index is 1.97. The summed E-state index contributed by atoms with van der Waals surface area (Å²) in [6, 6.07) is 16.4. The van der Waals surface area contributed by atoms with E-state index in [4.69, 9.17) is 9.47 Å². The smallest absolute Gasteiger partial charge is 0.340 e. The van der Waals surface area contributed by atoms with Crippen LogP contribution >= 0.6 is 0 Å². The van der Waals surface area contributed by atoms with Crippen LogP contribution in [-0.2, 0) is 9.47 Å². The van der Waals surface area contributed by atoms with Crippen LogP contribution in [0.15, 0.2) is 59.6 Å². The number of carbonyl (C=O) groups is 2. The SMILES string of the molecule is CCOC(=O)c1ccc(N=Cc2[nH]c(C)c(C(=O)OC)c2-c2ccccc2)cc1. The first-order valence-corrected chi connectivity index (χ1v) is 9.22. The number of esters is 2. The maximum Gasteiger partial charge on any atom is 0.340 e. The molecule has 0 fully saturated rings. The van der Waals surface area contributed by atoms with Crippen molar-refractivity contribution < 1.29 is 19.1 Å². The molecular weight excluding hydrogens is 368 g/mol. The van der Waals surface area contributed by atoms with Gasteiger partial charge in [-0.25, -0.2) is 9.59 Å². The predicted octanol–water partition coefficient (Wildman–Crippen LogP) is 4.70. The third-order valence-electron chi connectivity index (χ3n) is 4.39. The van der Waals surface area contributed by atoms with Crippen LogP contribution in [0.25, 0.3) is 11.1 Å². The molecule has 1 heterocycles. The Morgan fingerprint density at radius 3 is 2.34 bits per heavy atom. The topological polar surface area (TPSA) is 80.8 Å². The Morgan fingerprint density at radius 1 is 1.03 bits per heavy atom. The molecule has 0 aliphatic heterocycles. The van der Waals surface area contributed by atoms with E-state index in [0.29, 0.717) is 34.8 Å². The maximum atomic E-state index is 12.3. The van der Waals surface area contributed by atoms with Gasteiger partial charge in [0.05, 0.1) is 42.4 Å². The highest BCUT2D eigenvalue weighted by molar-refractivity contribution is 6.04. The van der Waals surface area contributed by atoms with E-state index >= 15 is 0 Å².